The van der Waals surface area contributed by atoms with E-state index in [-0.39, 0.29) is 0 Å². The van der Waals surface area contributed by atoms with Gasteiger partial charge < -0.3 is 9.88 Å². The Balaban J connectivity index is 2.33. The molecule has 0 saturated heterocycles. The molecular formula is C11H21N3. The zero-order valence-electron chi connectivity index (χ0n) is 9.40. The summed E-state index contributed by atoms with van der Waals surface area (Å²) in [6.45, 7) is 8.79. The molecule has 80 valence electrons. The van der Waals surface area contributed by atoms with Crippen molar-refractivity contribution in [2.75, 3.05) is 13.1 Å². The summed E-state index contributed by atoms with van der Waals surface area (Å²) in [6, 6.07) is 0.538. The highest BCUT2D eigenvalue weighted by molar-refractivity contribution is 4.81. The first-order chi connectivity index (χ1) is 6.74. The fourth-order valence-electron chi connectivity index (χ4n) is 1.48. The zero-order valence-corrected chi connectivity index (χ0v) is 9.40. The molecule has 14 heavy (non-hydrogen) atoms. The molecule has 0 aromatic carbocycles. The van der Waals surface area contributed by atoms with E-state index in [4.69, 9.17) is 0 Å². The first kappa shape index (κ1) is 11.2. The Labute approximate surface area is 86.5 Å². The molecule has 1 aromatic heterocycles. The van der Waals surface area contributed by atoms with Crippen molar-refractivity contribution in [3.63, 3.8) is 0 Å². The first-order valence-corrected chi connectivity index (χ1v) is 5.42. The first-order valence-electron chi connectivity index (χ1n) is 5.42. The van der Waals surface area contributed by atoms with Gasteiger partial charge in [-0.05, 0) is 18.9 Å². The number of nitrogens with one attached hydrogen (secondary N) is 1. The molecule has 0 aliphatic carbocycles. The summed E-state index contributed by atoms with van der Waals surface area (Å²) in [4.78, 5) is 4.07. The Morgan fingerprint density at radius 1 is 1.36 bits per heavy atom. The second-order valence-corrected chi connectivity index (χ2v) is 4.12. The van der Waals surface area contributed by atoms with Crippen molar-refractivity contribution in [2.24, 2.45) is 5.92 Å². The third-order valence-corrected chi connectivity index (χ3v) is 2.35. The van der Waals surface area contributed by atoms with E-state index in [1.807, 2.05) is 18.7 Å². The van der Waals surface area contributed by atoms with Crippen LogP contribution in [0.1, 0.15) is 33.2 Å². The Kier molecular flexibility index (Phi) is 4.66. The molecule has 0 saturated carbocycles. The van der Waals surface area contributed by atoms with Crippen LogP contribution < -0.4 is 5.32 Å². The van der Waals surface area contributed by atoms with Crippen LogP contribution in [0.2, 0.25) is 0 Å². The van der Waals surface area contributed by atoms with Gasteiger partial charge in [0.25, 0.3) is 0 Å². The second kappa shape index (κ2) is 5.81. The quantitative estimate of drug-likeness (QED) is 0.753. The van der Waals surface area contributed by atoms with Gasteiger partial charge in [0.05, 0.1) is 6.33 Å². The van der Waals surface area contributed by atoms with Crippen molar-refractivity contribution in [1.82, 2.24) is 14.9 Å². The summed E-state index contributed by atoms with van der Waals surface area (Å²) in [5.41, 5.74) is 0. The van der Waals surface area contributed by atoms with Gasteiger partial charge >= 0.3 is 0 Å². The SMILES string of the molecule is CCC(CNCC(C)C)n1ccnc1. The highest BCUT2D eigenvalue weighted by Crippen LogP contribution is 2.08. The highest BCUT2D eigenvalue weighted by Gasteiger charge is 2.06. The van der Waals surface area contributed by atoms with Crippen LogP contribution in [-0.4, -0.2) is 22.6 Å². The normalized spacial score (nSPS) is 13.4. The summed E-state index contributed by atoms with van der Waals surface area (Å²) in [6.07, 6.45) is 6.91. The molecule has 1 rings (SSSR count). The molecule has 0 fully saturated rings. The third kappa shape index (κ3) is 3.50. The van der Waals surface area contributed by atoms with Crippen LogP contribution in [0, 0.1) is 5.92 Å². The lowest BCUT2D eigenvalue weighted by atomic mass is 10.2. The second-order valence-electron chi connectivity index (χ2n) is 4.12. The van der Waals surface area contributed by atoms with Crippen LogP contribution in [-0.2, 0) is 0 Å². The molecular weight excluding hydrogens is 174 g/mol. The van der Waals surface area contributed by atoms with Crippen LogP contribution in [0.4, 0.5) is 0 Å². The lowest BCUT2D eigenvalue weighted by Crippen LogP contribution is -2.27. The predicted molar refractivity (Wildman–Crippen MR) is 59.3 cm³/mol. The highest BCUT2D eigenvalue weighted by atomic mass is 15.1. The van der Waals surface area contributed by atoms with Crippen molar-refractivity contribution in [3.05, 3.63) is 18.7 Å². The minimum atomic E-state index is 0.538. The number of hydrogen-bond donors (Lipinski definition) is 1. The van der Waals surface area contributed by atoms with Crippen molar-refractivity contribution in [3.8, 4) is 0 Å². The van der Waals surface area contributed by atoms with Gasteiger partial charge in [-0.3, -0.25) is 0 Å². The number of rotatable bonds is 6. The predicted octanol–water partition coefficient (Wildman–Crippen LogP) is 2.08. The molecule has 0 aliphatic rings. The molecule has 1 unspecified atom stereocenters. The monoisotopic (exact) mass is 195 g/mol. The Bertz CT molecular complexity index is 229. The van der Waals surface area contributed by atoms with Crippen LogP contribution >= 0.6 is 0 Å². The summed E-state index contributed by atoms with van der Waals surface area (Å²) < 4.78 is 2.17. The van der Waals surface area contributed by atoms with Crippen LogP contribution in [0.5, 0.6) is 0 Å². The van der Waals surface area contributed by atoms with Gasteiger partial charge in [-0.25, -0.2) is 4.98 Å². The molecule has 3 nitrogen and oxygen atoms in total. The number of nitrogens with zero attached hydrogens (tertiary/aromatic N) is 2. The van der Waals surface area contributed by atoms with E-state index in [1.165, 1.54) is 0 Å². The van der Waals surface area contributed by atoms with Crippen LogP contribution in [0.3, 0.4) is 0 Å². The van der Waals surface area contributed by atoms with Gasteiger partial charge in [0.1, 0.15) is 0 Å². The van der Waals surface area contributed by atoms with E-state index in [2.05, 4.69) is 35.6 Å². The molecule has 1 heterocycles. The zero-order chi connectivity index (χ0) is 10.4. The molecule has 0 aliphatic heterocycles. The fourth-order valence-corrected chi connectivity index (χ4v) is 1.48. The molecule has 1 N–H and O–H groups in total. The smallest absolute Gasteiger partial charge is 0.0948 e. The third-order valence-electron chi connectivity index (χ3n) is 2.35. The lowest BCUT2D eigenvalue weighted by Gasteiger charge is -2.17. The molecule has 3 heteroatoms. The lowest BCUT2D eigenvalue weighted by molar-refractivity contribution is 0.428. The van der Waals surface area contributed by atoms with E-state index in [0.29, 0.717) is 6.04 Å². The summed E-state index contributed by atoms with van der Waals surface area (Å²) >= 11 is 0. The molecule has 0 radical (unpaired) electrons. The van der Waals surface area contributed by atoms with Crippen molar-refractivity contribution in [2.45, 2.75) is 33.2 Å². The van der Waals surface area contributed by atoms with E-state index < -0.39 is 0 Å². The van der Waals surface area contributed by atoms with E-state index in [1.54, 1.807) is 0 Å². The van der Waals surface area contributed by atoms with E-state index in [0.717, 1.165) is 25.4 Å². The average Bonchev–Trinajstić information content (AvgIpc) is 2.64. The maximum absolute atomic E-state index is 4.07. The fraction of sp³-hybridized carbons (Fsp3) is 0.727. The van der Waals surface area contributed by atoms with Crippen molar-refractivity contribution in [1.29, 1.82) is 0 Å². The Morgan fingerprint density at radius 2 is 2.14 bits per heavy atom. The topological polar surface area (TPSA) is 29.9 Å². The maximum Gasteiger partial charge on any atom is 0.0948 e. The van der Waals surface area contributed by atoms with Gasteiger partial charge in [0.15, 0.2) is 0 Å². The number of aromatic nitrogens is 2. The van der Waals surface area contributed by atoms with Crippen LogP contribution in [0.15, 0.2) is 18.7 Å². The average molecular weight is 195 g/mol. The van der Waals surface area contributed by atoms with Crippen molar-refractivity contribution < 1.29 is 0 Å². The molecule has 1 atom stereocenters. The molecule has 0 bridgehead atoms. The largest absolute Gasteiger partial charge is 0.333 e. The van der Waals surface area contributed by atoms with Gasteiger partial charge in [0.2, 0.25) is 0 Å². The summed E-state index contributed by atoms with van der Waals surface area (Å²) in [5, 5.41) is 3.48. The Hall–Kier alpha value is -0.830. The van der Waals surface area contributed by atoms with Crippen LogP contribution in [0.25, 0.3) is 0 Å². The van der Waals surface area contributed by atoms with E-state index in [9.17, 15) is 0 Å². The van der Waals surface area contributed by atoms with Gasteiger partial charge in [-0.1, -0.05) is 20.8 Å². The van der Waals surface area contributed by atoms with E-state index >= 15 is 0 Å². The number of hydrogen-bond acceptors (Lipinski definition) is 2. The standard InChI is InChI=1S/C11H21N3/c1-4-11(8-13-7-10(2)3)14-6-5-12-9-14/h5-6,9-11,13H,4,7-8H2,1-3H3. The Morgan fingerprint density at radius 3 is 2.64 bits per heavy atom. The molecule has 0 spiro atoms. The van der Waals surface area contributed by atoms with Crippen molar-refractivity contribution >= 4 is 0 Å². The minimum absolute atomic E-state index is 0.538. The molecule has 0 amide bonds. The summed E-state index contributed by atoms with van der Waals surface area (Å²) in [7, 11) is 0. The number of imidazole rings is 1. The van der Waals surface area contributed by atoms with Gasteiger partial charge in [-0.15, -0.1) is 0 Å². The van der Waals surface area contributed by atoms with Gasteiger partial charge in [0, 0.05) is 25.0 Å². The minimum Gasteiger partial charge on any atom is -0.333 e. The van der Waals surface area contributed by atoms with Gasteiger partial charge in [-0.2, -0.15) is 0 Å². The summed E-state index contributed by atoms with van der Waals surface area (Å²) in [5.74, 6) is 0.718. The maximum atomic E-state index is 4.07. The molecule has 1 aromatic rings.